The molecule has 1 fully saturated rings. The van der Waals surface area contributed by atoms with E-state index >= 15 is 0 Å². The van der Waals surface area contributed by atoms with Gasteiger partial charge in [0.05, 0.1) is 0 Å². The lowest BCUT2D eigenvalue weighted by atomic mass is 9.85. The molecule has 0 bridgehead atoms. The van der Waals surface area contributed by atoms with Crippen LogP contribution in [0.15, 0.2) is 48.5 Å². The fourth-order valence-corrected chi connectivity index (χ4v) is 3.47. The number of hydrogen-bond acceptors (Lipinski definition) is 2. The Hall–Kier alpha value is -2.60. The third kappa shape index (κ3) is 5.23. The van der Waals surface area contributed by atoms with Crippen molar-refractivity contribution in [2.45, 2.75) is 19.8 Å². The number of nitrogens with one attached hydrogen (secondary N) is 2. The summed E-state index contributed by atoms with van der Waals surface area (Å²) in [5, 5.41) is 6.31. The maximum absolute atomic E-state index is 13.0. The second kappa shape index (κ2) is 9.06. The minimum absolute atomic E-state index is 0.0310. The number of likely N-dealkylation sites (tertiary alicyclic amines) is 1. The van der Waals surface area contributed by atoms with Crippen LogP contribution in [-0.2, 0) is 4.79 Å². The molecule has 1 aliphatic rings. The first-order chi connectivity index (χ1) is 13.4. The van der Waals surface area contributed by atoms with Crippen LogP contribution in [0.5, 0.6) is 0 Å². The third-order valence-electron chi connectivity index (χ3n) is 5.15. The third-order valence-corrected chi connectivity index (χ3v) is 5.41. The molecule has 5 nitrogen and oxygen atoms in total. The highest BCUT2D eigenvalue weighted by Crippen LogP contribution is 2.27. The molecule has 3 rings (SSSR count). The van der Waals surface area contributed by atoms with E-state index in [0.717, 1.165) is 18.5 Å². The van der Waals surface area contributed by atoms with Crippen molar-refractivity contribution in [3.05, 3.63) is 59.4 Å². The van der Waals surface area contributed by atoms with Crippen molar-refractivity contribution in [3.8, 4) is 0 Å². The van der Waals surface area contributed by atoms with E-state index in [1.165, 1.54) is 24.3 Å². The molecule has 1 heterocycles. The van der Waals surface area contributed by atoms with E-state index in [-0.39, 0.29) is 29.6 Å². The Morgan fingerprint density at radius 2 is 1.54 bits per heavy atom. The van der Waals surface area contributed by atoms with Gasteiger partial charge in [0, 0.05) is 35.4 Å². The largest absolute Gasteiger partial charge is 0.326 e. The Bertz CT molecular complexity index is 819. The number of urea groups is 1. The molecule has 2 N–H and O–H groups in total. The fraction of sp³-hybridized carbons (Fsp3) is 0.333. The molecule has 7 heteroatoms. The number of piperidine rings is 1. The second-order valence-electron chi connectivity index (χ2n) is 7.05. The fourth-order valence-electron chi connectivity index (χ4n) is 3.34. The highest BCUT2D eigenvalue weighted by Gasteiger charge is 2.30. The van der Waals surface area contributed by atoms with E-state index in [1.807, 2.05) is 6.92 Å². The molecule has 0 unspecified atom stereocenters. The van der Waals surface area contributed by atoms with Gasteiger partial charge in [-0.25, -0.2) is 9.18 Å². The molecule has 1 aliphatic heterocycles. The Kier molecular flexibility index (Phi) is 6.52. The van der Waals surface area contributed by atoms with Gasteiger partial charge in [-0.1, -0.05) is 18.5 Å². The lowest BCUT2D eigenvalue weighted by Crippen LogP contribution is -2.43. The van der Waals surface area contributed by atoms with E-state index in [1.54, 1.807) is 29.2 Å². The van der Waals surface area contributed by atoms with Crippen LogP contribution in [0.2, 0.25) is 5.02 Å². The molecule has 1 saturated heterocycles. The normalized spacial score (nSPS) is 15.8. The van der Waals surface area contributed by atoms with Crippen molar-refractivity contribution >= 4 is 34.9 Å². The predicted octanol–water partition coefficient (Wildman–Crippen LogP) is 5.00. The van der Waals surface area contributed by atoms with Gasteiger partial charge in [-0.2, -0.15) is 0 Å². The number of anilines is 2. The maximum Gasteiger partial charge on any atom is 0.321 e. The first-order valence-corrected chi connectivity index (χ1v) is 9.68. The number of halogens is 2. The van der Waals surface area contributed by atoms with Gasteiger partial charge in [0.25, 0.3) is 0 Å². The summed E-state index contributed by atoms with van der Waals surface area (Å²) in [5.74, 6) is -0.318. The molecule has 0 aliphatic carbocycles. The summed E-state index contributed by atoms with van der Waals surface area (Å²) in [7, 11) is 0. The molecular weight excluding hydrogens is 381 g/mol. The first-order valence-electron chi connectivity index (χ1n) is 9.30. The van der Waals surface area contributed by atoms with Crippen molar-refractivity contribution in [1.29, 1.82) is 0 Å². The van der Waals surface area contributed by atoms with Crippen molar-refractivity contribution in [2.75, 3.05) is 23.7 Å². The monoisotopic (exact) mass is 403 g/mol. The lowest BCUT2D eigenvalue weighted by molar-refractivity contribution is -0.121. The highest BCUT2D eigenvalue weighted by atomic mass is 35.5. The minimum atomic E-state index is -0.343. The zero-order valence-electron chi connectivity index (χ0n) is 15.6. The van der Waals surface area contributed by atoms with Crippen LogP contribution in [0.4, 0.5) is 20.6 Å². The standard InChI is InChI=1S/C21H23ClFN3O2/c1-14(20(27)24-18-6-2-16(22)3-7-18)15-10-12-26(13-11-15)21(28)25-19-8-4-17(23)5-9-19/h2-9,14-15H,10-13H2,1H3,(H,24,27)(H,25,28)/t14-/m0/s1. The summed E-state index contributed by atoms with van der Waals surface area (Å²) in [6.45, 7) is 3.08. The van der Waals surface area contributed by atoms with Gasteiger partial charge in [0.15, 0.2) is 0 Å². The number of carbonyl (C=O) groups excluding carboxylic acids is 2. The van der Waals surface area contributed by atoms with Crippen LogP contribution in [0.25, 0.3) is 0 Å². The minimum Gasteiger partial charge on any atom is -0.326 e. The number of rotatable bonds is 4. The molecule has 3 amide bonds. The molecule has 28 heavy (non-hydrogen) atoms. The molecule has 0 radical (unpaired) electrons. The summed E-state index contributed by atoms with van der Waals surface area (Å²) in [5.41, 5.74) is 1.28. The molecule has 0 spiro atoms. The zero-order valence-corrected chi connectivity index (χ0v) is 16.4. The number of hydrogen-bond donors (Lipinski definition) is 2. The summed E-state index contributed by atoms with van der Waals surface area (Å²) >= 11 is 5.86. The number of carbonyl (C=O) groups is 2. The van der Waals surface area contributed by atoms with Crippen molar-refractivity contribution in [3.63, 3.8) is 0 Å². The summed E-state index contributed by atoms with van der Waals surface area (Å²) in [6.07, 6.45) is 1.51. The van der Waals surface area contributed by atoms with Crippen molar-refractivity contribution < 1.29 is 14.0 Å². The molecule has 2 aromatic carbocycles. The average Bonchev–Trinajstić information content (AvgIpc) is 2.71. The van der Waals surface area contributed by atoms with E-state index < -0.39 is 0 Å². The smallest absolute Gasteiger partial charge is 0.321 e. The predicted molar refractivity (Wildman–Crippen MR) is 109 cm³/mol. The van der Waals surface area contributed by atoms with E-state index in [0.29, 0.717) is 23.8 Å². The summed E-state index contributed by atoms with van der Waals surface area (Å²) < 4.78 is 13.0. The Labute approximate surface area is 168 Å². The second-order valence-corrected chi connectivity index (χ2v) is 7.48. The van der Waals surface area contributed by atoms with Crippen LogP contribution in [-0.4, -0.2) is 29.9 Å². The number of benzene rings is 2. The quantitative estimate of drug-likeness (QED) is 0.754. The average molecular weight is 404 g/mol. The Morgan fingerprint density at radius 1 is 1.00 bits per heavy atom. The van der Waals surface area contributed by atoms with Crippen LogP contribution < -0.4 is 10.6 Å². The van der Waals surface area contributed by atoms with E-state index in [2.05, 4.69) is 10.6 Å². The van der Waals surface area contributed by atoms with Crippen LogP contribution in [0.1, 0.15) is 19.8 Å². The SMILES string of the molecule is C[C@H](C(=O)Nc1ccc(Cl)cc1)C1CCN(C(=O)Nc2ccc(F)cc2)CC1. The Morgan fingerprint density at radius 3 is 2.14 bits per heavy atom. The molecule has 0 aromatic heterocycles. The van der Waals surface area contributed by atoms with E-state index in [9.17, 15) is 14.0 Å². The van der Waals surface area contributed by atoms with Gasteiger partial charge in [-0.15, -0.1) is 0 Å². The van der Waals surface area contributed by atoms with Gasteiger partial charge in [0.1, 0.15) is 5.82 Å². The molecule has 2 aromatic rings. The molecule has 1 atom stereocenters. The van der Waals surface area contributed by atoms with E-state index in [4.69, 9.17) is 11.6 Å². The van der Waals surface area contributed by atoms with Crippen LogP contribution in [0.3, 0.4) is 0 Å². The van der Waals surface area contributed by atoms with Crippen molar-refractivity contribution in [1.82, 2.24) is 4.90 Å². The lowest BCUT2D eigenvalue weighted by Gasteiger charge is -2.34. The van der Waals surface area contributed by atoms with Gasteiger partial charge in [-0.05, 0) is 67.3 Å². The highest BCUT2D eigenvalue weighted by molar-refractivity contribution is 6.30. The summed E-state index contributed by atoms with van der Waals surface area (Å²) in [4.78, 5) is 26.6. The topological polar surface area (TPSA) is 61.4 Å². The van der Waals surface area contributed by atoms with Crippen molar-refractivity contribution in [2.24, 2.45) is 11.8 Å². The molecule has 148 valence electrons. The zero-order chi connectivity index (χ0) is 20.1. The Balaban J connectivity index is 1.48. The van der Waals surface area contributed by atoms with Gasteiger partial charge >= 0.3 is 6.03 Å². The number of nitrogens with zero attached hydrogens (tertiary/aromatic N) is 1. The first kappa shape index (κ1) is 20.1. The van der Waals surface area contributed by atoms with Gasteiger partial charge in [0.2, 0.25) is 5.91 Å². The number of amides is 3. The van der Waals surface area contributed by atoms with Gasteiger partial charge < -0.3 is 15.5 Å². The van der Waals surface area contributed by atoms with Gasteiger partial charge in [-0.3, -0.25) is 4.79 Å². The summed E-state index contributed by atoms with van der Waals surface area (Å²) in [6, 6.07) is 12.5. The van der Waals surface area contributed by atoms with Crippen LogP contribution >= 0.6 is 11.6 Å². The van der Waals surface area contributed by atoms with Crippen LogP contribution in [0, 0.1) is 17.7 Å². The molecule has 0 saturated carbocycles. The maximum atomic E-state index is 13.0. The molecular formula is C21H23ClFN3O2.